The maximum atomic E-state index is 11.6. The molecule has 1 aliphatic heterocycles. The molecule has 0 unspecified atom stereocenters. The summed E-state index contributed by atoms with van der Waals surface area (Å²) in [7, 11) is 0. The molecular formula is C25H20N2O3S. The van der Waals surface area contributed by atoms with E-state index >= 15 is 0 Å². The number of para-hydroxylation sites is 2. The quantitative estimate of drug-likeness (QED) is 0.436. The van der Waals surface area contributed by atoms with Crippen molar-refractivity contribution in [3.63, 3.8) is 0 Å². The average molecular weight is 429 g/mol. The summed E-state index contributed by atoms with van der Waals surface area (Å²) in [6.07, 6.45) is 4.17. The Balaban J connectivity index is 1.69. The zero-order chi connectivity index (χ0) is 21.4. The van der Waals surface area contributed by atoms with Crippen LogP contribution < -0.4 is 4.74 Å². The fraction of sp³-hybridized carbons (Fsp3) is 0.120. The largest absolute Gasteiger partial charge is 0.488 e. The van der Waals surface area contributed by atoms with E-state index in [2.05, 4.69) is 22.8 Å². The third-order valence-electron chi connectivity index (χ3n) is 5.49. The van der Waals surface area contributed by atoms with Crippen LogP contribution in [0.1, 0.15) is 27.0 Å². The summed E-state index contributed by atoms with van der Waals surface area (Å²) in [4.78, 5) is 16.4. The van der Waals surface area contributed by atoms with E-state index in [0.717, 1.165) is 38.5 Å². The van der Waals surface area contributed by atoms with Crippen LogP contribution in [0.2, 0.25) is 0 Å². The summed E-state index contributed by atoms with van der Waals surface area (Å²) in [5, 5.41) is 10.5. The predicted octanol–water partition coefficient (Wildman–Crippen LogP) is 5.48. The zero-order valence-corrected chi connectivity index (χ0v) is 17.7. The number of carboxylic acids is 1. The summed E-state index contributed by atoms with van der Waals surface area (Å²) in [6.45, 7) is 1.05. The van der Waals surface area contributed by atoms with Crippen molar-refractivity contribution in [2.75, 3.05) is 6.26 Å². The van der Waals surface area contributed by atoms with Crippen molar-refractivity contribution in [3.8, 4) is 5.75 Å². The predicted molar refractivity (Wildman–Crippen MR) is 123 cm³/mol. The smallest absolute Gasteiger partial charge is 0.335 e. The van der Waals surface area contributed by atoms with Gasteiger partial charge in [-0.25, -0.2) is 9.78 Å². The van der Waals surface area contributed by atoms with E-state index in [1.54, 1.807) is 30.0 Å². The van der Waals surface area contributed by atoms with Crippen LogP contribution in [0, 0.1) is 0 Å². The van der Waals surface area contributed by atoms with Gasteiger partial charge in [-0.15, -0.1) is 0 Å². The monoisotopic (exact) mass is 428 g/mol. The fourth-order valence-electron chi connectivity index (χ4n) is 4.00. The van der Waals surface area contributed by atoms with Crippen molar-refractivity contribution in [2.24, 2.45) is 0 Å². The van der Waals surface area contributed by atoms with Crippen molar-refractivity contribution < 1.29 is 14.6 Å². The number of hydrogen-bond acceptors (Lipinski definition) is 4. The Labute approximate surface area is 184 Å². The number of fused-ring (bicyclic) bond motifs is 3. The van der Waals surface area contributed by atoms with E-state index in [0.29, 0.717) is 18.9 Å². The van der Waals surface area contributed by atoms with Crippen LogP contribution in [0.25, 0.3) is 16.6 Å². The third-order valence-corrected chi connectivity index (χ3v) is 6.16. The van der Waals surface area contributed by atoms with Gasteiger partial charge in [-0.3, -0.25) is 0 Å². The van der Waals surface area contributed by atoms with Gasteiger partial charge in [0.2, 0.25) is 0 Å². The van der Waals surface area contributed by atoms with E-state index in [4.69, 9.17) is 9.72 Å². The first-order valence-electron chi connectivity index (χ1n) is 9.94. The molecule has 4 aromatic rings. The van der Waals surface area contributed by atoms with Crippen LogP contribution in [-0.2, 0) is 13.2 Å². The Morgan fingerprint density at radius 2 is 1.94 bits per heavy atom. The first-order chi connectivity index (χ1) is 15.2. The van der Waals surface area contributed by atoms with Gasteiger partial charge in [0.05, 0.1) is 16.6 Å². The number of hydrogen-bond donors (Lipinski definition) is 1. The zero-order valence-electron chi connectivity index (χ0n) is 16.9. The molecule has 0 amide bonds. The lowest BCUT2D eigenvalue weighted by molar-refractivity contribution is 0.0697. The number of imidazole rings is 1. The number of aromatic carboxylic acids is 1. The van der Waals surface area contributed by atoms with Crippen LogP contribution in [0.4, 0.5) is 0 Å². The first kappa shape index (κ1) is 19.5. The Morgan fingerprint density at radius 1 is 1.13 bits per heavy atom. The van der Waals surface area contributed by atoms with Gasteiger partial charge in [0.25, 0.3) is 0 Å². The van der Waals surface area contributed by atoms with Crippen molar-refractivity contribution in [1.29, 1.82) is 0 Å². The van der Waals surface area contributed by atoms with Crippen LogP contribution in [0.5, 0.6) is 5.75 Å². The second kappa shape index (κ2) is 7.96. The maximum Gasteiger partial charge on any atom is 0.335 e. The highest BCUT2D eigenvalue weighted by atomic mass is 32.2. The Hall–Kier alpha value is -3.51. The minimum atomic E-state index is -0.954. The molecular weight excluding hydrogens is 408 g/mol. The molecule has 31 heavy (non-hydrogen) atoms. The summed E-state index contributed by atoms with van der Waals surface area (Å²) >= 11 is 1.61. The summed E-state index contributed by atoms with van der Waals surface area (Å²) in [5.74, 6) is -0.266. The minimum Gasteiger partial charge on any atom is -0.488 e. The number of nitrogens with zero attached hydrogens (tertiary/aromatic N) is 2. The van der Waals surface area contributed by atoms with E-state index in [1.165, 1.54) is 0 Å². The highest BCUT2D eigenvalue weighted by molar-refractivity contribution is 7.98. The number of aromatic nitrogens is 2. The van der Waals surface area contributed by atoms with Gasteiger partial charge in [0.15, 0.2) is 5.16 Å². The molecule has 0 fully saturated rings. The summed E-state index contributed by atoms with van der Waals surface area (Å²) < 4.78 is 8.22. The highest BCUT2D eigenvalue weighted by Crippen LogP contribution is 2.37. The first-order valence-corrected chi connectivity index (χ1v) is 11.2. The standard InChI is InChI=1S/C25H20N2O3S/c1-31-25-26-21-8-4-5-9-22(21)27(25)13-12-19-18-7-3-2-6-17(18)15-30-23-11-10-16(24(28)29)14-20(19)23/h2-12,14H,13,15H2,1H3,(H,28,29)/b19-12-. The molecule has 3 aromatic carbocycles. The summed E-state index contributed by atoms with van der Waals surface area (Å²) in [5.41, 5.74) is 6.16. The lowest BCUT2D eigenvalue weighted by Crippen LogP contribution is -2.01. The van der Waals surface area contributed by atoms with Gasteiger partial charge in [0, 0.05) is 12.1 Å². The molecule has 0 spiro atoms. The SMILES string of the molecule is CSc1nc2ccccc2n1C/C=C1/c2ccccc2COc2ccc(C(=O)O)cc21. The number of rotatable bonds is 4. The molecule has 154 valence electrons. The average Bonchev–Trinajstić information content (AvgIpc) is 3.08. The normalized spacial score (nSPS) is 14.0. The van der Waals surface area contributed by atoms with E-state index in [1.807, 2.05) is 42.7 Å². The van der Waals surface area contributed by atoms with Gasteiger partial charge in [0.1, 0.15) is 12.4 Å². The van der Waals surface area contributed by atoms with Gasteiger partial charge in [-0.2, -0.15) is 0 Å². The van der Waals surface area contributed by atoms with Gasteiger partial charge in [-0.1, -0.05) is 54.2 Å². The van der Waals surface area contributed by atoms with Crippen molar-refractivity contribution in [3.05, 3.63) is 95.1 Å². The topological polar surface area (TPSA) is 64.4 Å². The van der Waals surface area contributed by atoms with E-state index in [-0.39, 0.29) is 5.56 Å². The van der Waals surface area contributed by atoms with Crippen molar-refractivity contribution in [1.82, 2.24) is 9.55 Å². The van der Waals surface area contributed by atoms with Crippen LogP contribution in [0.15, 0.2) is 78.0 Å². The van der Waals surface area contributed by atoms with E-state index < -0.39 is 5.97 Å². The van der Waals surface area contributed by atoms with Gasteiger partial charge in [-0.05, 0) is 53.3 Å². The molecule has 5 nitrogen and oxygen atoms in total. The van der Waals surface area contributed by atoms with Crippen LogP contribution in [-0.4, -0.2) is 26.9 Å². The Morgan fingerprint density at radius 3 is 2.77 bits per heavy atom. The lowest BCUT2D eigenvalue weighted by Gasteiger charge is -2.13. The molecule has 5 rings (SSSR count). The third kappa shape index (κ3) is 3.49. The number of ether oxygens (including phenoxy) is 1. The molecule has 1 N–H and O–H groups in total. The van der Waals surface area contributed by atoms with Crippen molar-refractivity contribution >= 4 is 34.3 Å². The number of carboxylic acid groups (broad SMARTS) is 1. The van der Waals surface area contributed by atoms with Gasteiger partial charge < -0.3 is 14.4 Å². The van der Waals surface area contributed by atoms with Gasteiger partial charge >= 0.3 is 5.97 Å². The molecule has 0 radical (unpaired) electrons. The highest BCUT2D eigenvalue weighted by Gasteiger charge is 2.21. The fourth-order valence-corrected chi connectivity index (χ4v) is 4.58. The van der Waals surface area contributed by atoms with Crippen LogP contribution in [0.3, 0.4) is 0 Å². The molecule has 0 aliphatic carbocycles. The number of thioether (sulfide) groups is 1. The molecule has 0 saturated heterocycles. The molecule has 0 atom stereocenters. The molecule has 0 bridgehead atoms. The number of carbonyl (C=O) groups is 1. The second-order valence-corrected chi connectivity index (χ2v) is 8.05. The molecule has 1 aliphatic rings. The number of allylic oxidation sites excluding steroid dienone is 1. The maximum absolute atomic E-state index is 11.6. The molecule has 1 aromatic heterocycles. The number of benzene rings is 3. The Kier molecular flexibility index (Phi) is 5.00. The molecule has 0 saturated carbocycles. The lowest BCUT2D eigenvalue weighted by atomic mass is 9.93. The molecule has 6 heteroatoms. The van der Waals surface area contributed by atoms with E-state index in [9.17, 15) is 9.90 Å². The Bertz CT molecular complexity index is 1340. The minimum absolute atomic E-state index is 0.241. The van der Waals surface area contributed by atoms with Crippen molar-refractivity contribution in [2.45, 2.75) is 18.3 Å². The second-order valence-electron chi connectivity index (χ2n) is 7.28. The summed E-state index contributed by atoms with van der Waals surface area (Å²) in [6, 6.07) is 21.2. The van der Waals surface area contributed by atoms with Crippen LogP contribution >= 0.6 is 11.8 Å². The molecule has 2 heterocycles.